The zero-order chi connectivity index (χ0) is 26.9. The summed E-state index contributed by atoms with van der Waals surface area (Å²) in [6.07, 6.45) is 7.39. The standard InChI is InChI=1S/C29H31NO7/c1-33-25-12-11-21(15-22(25)30)23(31)8-6-7-19-17-26(34-2)24(32)16-20(19)10-9-18-13-27(35-3)29(37-5)28(14-18)36-4/h6,8-17,32H,7,30H2,1-5H3/b8-6-,10-9-. The quantitative estimate of drug-likeness (QED) is 0.159. The van der Waals surface area contributed by atoms with Crippen molar-refractivity contribution in [3.05, 3.63) is 76.9 Å². The van der Waals surface area contributed by atoms with Gasteiger partial charge in [0.1, 0.15) is 5.75 Å². The van der Waals surface area contributed by atoms with Crippen molar-refractivity contribution >= 4 is 23.6 Å². The second-order valence-corrected chi connectivity index (χ2v) is 7.94. The predicted octanol–water partition coefficient (Wildman–Crippen LogP) is 5.17. The molecule has 0 saturated carbocycles. The lowest BCUT2D eigenvalue weighted by atomic mass is 10.0. The zero-order valence-electron chi connectivity index (χ0n) is 21.5. The molecule has 3 N–H and O–H groups in total. The number of aromatic hydroxyl groups is 1. The number of allylic oxidation sites excluding steroid dienone is 2. The molecular weight excluding hydrogens is 474 g/mol. The van der Waals surface area contributed by atoms with E-state index >= 15 is 0 Å². The SMILES string of the molecule is COc1ccc(C(=O)/C=C\Cc2cc(OC)c(O)cc2/C=C\c2cc(OC)c(OC)c(OC)c2)cc1N. The van der Waals surface area contributed by atoms with Gasteiger partial charge in [-0.3, -0.25) is 4.79 Å². The van der Waals surface area contributed by atoms with Crippen molar-refractivity contribution in [1.82, 2.24) is 0 Å². The fourth-order valence-corrected chi connectivity index (χ4v) is 3.78. The minimum atomic E-state index is -0.186. The van der Waals surface area contributed by atoms with Gasteiger partial charge in [-0.25, -0.2) is 0 Å². The number of ketones is 1. The number of carbonyl (C=O) groups is 1. The second-order valence-electron chi connectivity index (χ2n) is 7.94. The van der Waals surface area contributed by atoms with Crippen molar-refractivity contribution in [2.45, 2.75) is 6.42 Å². The van der Waals surface area contributed by atoms with Crippen LogP contribution in [0, 0.1) is 0 Å². The molecule has 0 fully saturated rings. The van der Waals surface area contributed by atoms with Crippen LogP contribution in [0.5, 0.6) is 34.5 Å². The van der Waals surface area contributed by atoms with E-state index in [-0.39, 0.29) is 11.5 Å². The van der Waals surface area contributed by atoms with E-state index in [1.54, 1.807) is 57.7 Å². The number of methoxy groups -OCH3 is 5. The molecule has 3 rings (SSSR count). The van der Waals surface area contributed by atoms with Crippen LogP contribution in [0.25, 0.3) is 12.2 Å². The first kappa shape index (κ1) is 27.0. The number of carbonyl (C=O) groups excluding carboxylic acids is 1. The summed E-state index contributed by atoms with van der Waals surface area (Å²) in [6.45, 7) is 0. The Kier molecular flexibility index (Phi) is 9.05. The van der Waals surface area contributed by atoms with Gasteiger partial charge < -0.3 is 34.5 Å². The van der Waals surface area contributed by atoms with Gasteiger partial charge in [-0.1, -0.05) is 18.2 Å². The number of benzene rings is 3. The first-order valence-corrected chi connectivity index (χ1v) is 11.4. The van der Waals surface area contributed by atoms with E-state index in [2.05, 4.69) is 0 Å². The summed E-state index contributed by atoms with van der Waals surface area (Å²) >= 11 is 0. The molecule has 0 saturated heterocycles. The van der Waals surface area contributed by atoms with Gasteiger partial charge >= 0.3 is 0 Å². The molecule has 0 unspecified atom stereocenters. The van der Waals surface area contributed by atoms with Gasteiger partial charge in [-0.05, 0) is 71.7 Å². The molecule has 0 radical (unpaired) electrons. The molecule has 0 aromatic heterocycles. The first-order chi connectivity index (χ1) is 17.8. The third-order valence-electron chi connectivity index (χ3n) is 5.70. The van der Waals surface area contributed by atoms with E-state index in [0.29, 0.717) is 46.4 Å². The molecule has 8 nitrogen and oxygen atoms in total. The Morgan fingerprint density at radius 1 is 0.811 bits per heavy atom. The fourth-order valence-electron chi connectivity index (χ4n) is 3.78. The fraction of sp³-hybridized carbons (Fsp3) is 0.207. The van der Waals surface area contributed by atoms with Crippen LogP contribution in [-0.2, 0) is 6.42 Å². The Morgan fingerprint density at radius 3 is 2.03 bits per heavy atom. The van der Waals surface area contributed by atoms with Crippen molar-refractivity contribution in [3.8, 4) is 34.5 Å². The maximum Gasteiger partial charge on any atom is 0.203 e. The predicted molar refractivity (Wildman–Crippen MR) is 144 cm³/mol. The highest BCUT2D eigenvalue weighted by Crippen LogP contribution is 2.39. The van der Waals surface area contributed by atoms with Crippen molar-refractivity contribution in [1.29, 1.82) is 0 Å². The molecule has 37 heavy (non-hydrogen) atoms. The first-order valence-electron chi connectivity index (χ1n) is 11.4. The van der Waals surface area contributed by atoms with Gasteiger partial charge in [-0.2, -0.15) is 0 Å². The number of nitrogen functional groups attached to an aromatic ring is 1. The summed E-state index contributed by atoms with van der Waals surface area (Å²) in [5, 5.41) is 10.4. The lowest BCUT2D eigenvalue weighted by Crippen LogP contribution is -1.99. The number of nitrogens with two attached hydrogens (primary N) is 1. The van der Waals surface area contributed by atoms with Crippen LogP contribution in [0.3, 0.4) is 0 Å². The zero-order valence-corrected chi connectivity index (χ0v) is 21.5. The topological polar surface area (TPSA) is 109 Å². The van der Waals surface area contributed by atoms with Crippen LogP contribution in [0.1, 0.15) is 27.0 Å². The minimum Gasteiger partial charge on any atom is -0.504 e. The van der Waals surface area contributed by atoms with E-state index in [9.17, 15) is 9.90 Å². The smallest absolute Gasteiger partial charge is 0.203 e. The summed E-state index contributed by atoms with van der Waals surface area (Å²) < 4.78 is 26.7. The minimum absolute atomic E-state index is 0.00422. The van der Waals surface area contributed by atoms with E-state index in [4.69, 9.17) is 29.4 Å². The molecule has 3 aromatic carbocycles. The van der Waals surface area contributed by atoms with Gasteiger partial charge in [0.25, 0.3) is 0 Å². The third-order valence-corrected chi connectivity index (χ3v) is 5.70. The molecule has 0 amide bonds. The van der Waals surface area contributed by atoms with Crippen molar-refractivity contribution in [3.63, 3.8) is 0 Å². The molecule has 0 aliphatic carbocycles. The highest BCUT2D eigenvalue weighted by molar-refractivity contribution is 6.05. The molecule has 0 atom stereocenters. The maximum absolute atomic E-state index is 12.6. The summed E-state index contributed by atoms with van der Waals surface area (Å²) in [4.78, 5) is 12.6. The van der Waals surface area contributed by atoms with Crippen LogP contribution in [0.4, 0.5) is 5.69 Å². The molecular formula is C29H31NO7. The Labute approximate surface area is 216 Å². The summed E-state index contributed by atoms with van der Waals surface area (Å²) in [5.41, 5.74) is 9.17. The molecule has 0 bridgehead atoms. The van der Waals surface area contributed by atoms with Crippen molar-refractivity contribution in [2.24, 2.45) is 0 Å². The lowest BCUT2D eigenvalue weighted by molar-refractivity contribution is 0.104. The molecule has 3 aromatic rings. The number of phenolic OH excluding ortho intramolecular Hbond substituents is 1. The molecule has 0 spiro atoms. The van der Waals surface area contributed by atoms with E-state index in [0.717, 1.165) is 16.7 Å². The van der Waals surface area contributed by atoms with E-state index < -0.39 is 0 Å². The van der Waals surface area contributed by atoms with Gasteiger partial charge in [0.2, 0.25) is 5.75 Å². The third kappa shape index (κ3) is 6.35. The van der Waals surface area contributed by atoms with Crippen LogP contribution >= 0.6 is 0 Å². The number of rotatable bonds is 11. The Bertz CT molecular complexity index is 1300. The lowest BCUT2D eigenvalue weighted by Gasteiger charge is -2.13. The monoisotopic (exact) mass is 505 g/mol. The van der Waals surface area contributed by atoms with Crippen LogP contribution < -0.4 is 29.4 Å². The second kappa shape index (κ2) is 12.4. The summed E-state index contributed by atoms with van der Waals surface area (Å²) in [7, 11) is 7.66. The van der Waals surface area contributed by atoms with Crippen molar-refractivity contribution in [2.75, 3.05) is 41.3 Å². The number of hydrogen-bond donors (Lipinski definition) is 2. The normalized spacial score (nSPS) is 11.1. The number of phenols is 1. The van der Waals surface area contributed by atoms with Crippen LogP contribution in [0.2, 0.25) is 0 Å². The highest BCUT2D eigenvalue weighted by Gasteiger charge is 2.13. The van der Waals surface area contributed by atoms with Gasteiger partial charge in [0.15, 0.2) is 28.8 Å². The van der Waals surface area contributed by atoms with Gasteiger partial charge in [-0.15, -0.1) is 0 Å². The van der Waals surface area contributed by atoms with Crippen molar-refractivity contribution < 1.29 is 33.6 Å². The Morgan fingerprint density at radius 2 is 1.46 bits per heavy atom. The summed E-state index contributed by atoms with van der Waals surface area (Å²) in [5.74, 6) is 2.22. The number of anilines is 1. The van der Waals surface area contributed by atoms with Gasteiger partial charge in [0, 0.05) is 5.56 Å². The van der Waals surface area contributed by atoms with E-state index in [1.807, 2.05) is 24.3 Å². The van der Waals surface area contributed by atoms with Crippen LogP contribution in [0.15, 0.2) is 54.6 Å². The Balaban J connectivity index is 1.89. The largest absolute Gasteiger partial charge is 0.504 e. The molecule has 0 aliphatic rings. The highest BCUT2D eigenvalue weighted by atomic mass is 16.5. The maximum atomic E-state index is 12.6. The van der Waals surface area contributed by atoms with E-state index in [1.165, 1.54) is 20.3 Å². The molecule has 194 valence electrons. The molecule has 0 aliphatic heterocycles. The summed E-state index contributed by atoms with van der Waals surface area (Å²) in [6, 6.07) is 11.9. The number of ether oxygens (including phenoxy) is 5. The molecule has 8 heteroatoms. The average molecular weight is 506 g/mol. The van der Waals surface area contributed by atoms with Crippen LogP contribution in [-0.4, -0.2) is 46.4 Å². The average Bonchev–Trinajstić information content (AvgIpc) is 2.91. The van der Waals surface area contributed by atoms with Gasteiger partial charge in [0.05, 0.1) is 41.2 Å². The number of hydrogen-bond acceptors (Lipinski definition) is 8. The Hall–Kier alpha value is -4.59. The molecule has 0 heterocycles.